The average Bonchev–Trinajstić information content (AvgIpc) is 2.56. The summed E-state index contributed by atoms with van der Waals surface area (Å²) >= 11 is 0. The van der Waals surface area contributed by atoms with E-state index in [4.69, 9.17) is 19.7 Å². The van der Waals surface area contributed by atoms with E-state index in [2.05, 4.69) is 0 Å². The molecule has 9 nitrogen and oxygen atoms in total. The zero-order valence-corrected chi connectivity index (χ0v) is 9.81. The van der Waals surface area contributed by atoms with Crippen molar-refractivity contribution in [1.82, 2.24) is 9.80 Å². The van der Waals surface area contributed by atoms with E-state index >= 15 is 0 Å². The monoisotopic (exact) mass is 266 g/mol. The van der Waals surface area contributed by atoms with Gasteiger partial charge in [-0.1, -0.05) is 0 Å². The normalized spacial score (nSPS) is 24.1. The number of nitrogens with zero attached hydrogens (tertiary/aromatic N) is 2. The fourth-order valence-electron chi connectivity index (χ4n) is 1.44. The fourth-order valence-corrected chi connectivity index (χ4v) is 1.44. The van der Waals surface area contributed by atoms with Gasteiger partial charge in [0.15, 0.2) is 12.5 Å². The van der Waals surface area contributed by atoms with E-state index in [-0.39, 0.29) is 33.2 Å². The largest absolute Gasteiger partial charge is 0.394 e. The van der Waals surface area contributed by atoms with Crippen LogP contribution >= 0.6 is 0 Å². The third-order valence-electron chi connectivity index (χ3n) is 2.39. The first-order valence-electron chi connectivity index (χ1n) is 5.44. The highest BCUT2D eigenvalue weighted by Gasteiger charge is 2.43. The molecule has 0 aromatic carbocycles. The maximum Gasteiger partial charge on any atom is 0.328 e. The van der Waals surface area contributed by atoms with E-state index in [1.807, 2.05) is 0 Å². The van der Waals surface area contributed by atoms with Gasteiger partial charge in [-0.2, -0.15) is 0 Å². The van der Waals surface area contributed by atoms with Crippen molar-refractivity contribution in [1.29, 1.82) is 0 Å². The molecule has 1 rings (SSSR count). The lowest BCUT2D eigenvalue weighted by Crippen LogP contribution is -2.38. The number of carbonyl (C=O) groups excluding carboxylic acids is 1. The number of urea groups is 1. The van der Waals surface area contributed by atoms with E-state index in [1.165, 1.54) is 0 Å². The molecule has 106 valence electrons. The number of aliphatic hydroxyl groups is 4. The second kappa shape index (κ2) is 7.46. The van der Waals surface area contributed by atoms with Crippen LogP contribution in [0.5, 0.6) is 0 Å². The first-order valence-corrected chi connectivity index (χ1v) is 5.44. The molecule has 1 fully saturated rings. The maximum absolute atomic E-state index is 11.6. The Balaban J connectivity index is 2.27. The second-order valence-corrected chi connectivity index (χ2v) is 3.56. The summed E-state index contributed by atoms with van der Waals surface area (Å²) in [7, 11) is 0. The van der Waals surface area contributed by atoms with Crippen molar-refractivity contribution in [3.05, 3.63) is 0 Å². The van der Waals surface area contributed by atoms with Crippen LogP contribution in [0, 0.1) is 0 Å². The Morgan fingerprint density at radius 1 is 1.00 bits per heavy atom. The predicted octanol–water partition coefficient (Wildman–Crippen LogP) is -2.71. The molecular formula is C9H18N2O7. The standard InChI is InChI=1S/C9H18N2O7/c12-1-2-17-3-4-18-6-11-8(15)7(14)10(5-13)9(11)16/h7-8,12-15H,1-6H2. The Labute approximate surface area is 104 Å². The predicted molar refractivity (Wildman–Crippen MR) is 56.9 cm³/mol. The van der Waals surface area contributed by atoms with Crippen LogP contribution in [0.3, 0.4) is 0 Å². The molecule has 18 heavy (non-hydrogen) atoms. The van der Waals surface area contributed by atoms with Crippen molar-refractivity contribution in [3.8, 4) is 0 Å². The van der Waals surface area contributed by atoms with Crippen molar-refractivity contribution in [3.63, 3.8) is 0 Å². The Morgan fingerprint density at radius 3 is 2.17 bits per heavy atom. The molecule has 0 aromatic rings. The van der Waals surface area contributed by atoms with Gasteiger partial charge in [-0.3, -0.25) is 9.80 Å². The van der Waals surface area contributed by atoms with Gasteiger partial charge < -0.3 is 29.9 Å². The van der Waals surface area contributed by atoms with Crippen LogP contribution in [0.4, 0.5) is 4.79 Å². The number of amides is 2. The van der Waals surface area contributed by atoms with Gasteiger partial charge in [-0.25, -0.2) is 4.79 Å². The van der Waals surface area contributed by atoms with Crippen molar-refractivity contribution >= 4 is 6.03 Å². The highest BCUT2D eigenvalue weighted by atomic mass is 16.5. The van der Waals surface area contributed by atoms with Gasteiger partial charge in [0.25, 0.3) is 0 Å². The van der Waals surface area contributed by atoms with E-state index < -0.39 is 25.2 Å². The Bertz CT molecular complexity index is 265. The molecule has 0 spiro atoms. The molecule has 1 aliphatic heterocycles. The smallest absolute Gasteiger partial charge is 0.328 e. The second-order valence-electron chi connectivity index (χ2n) is 3.56. The van der Waals surface area contributed by atoms with Crippen LogP contribution in [0.1, 0.15) is 0 Å². The molecule has 0 radical (unpaired) electrons. The van der Waals surface area contributed by atoms with Crippen LogP contribution in [0.15, 0.2) is 0 Å². The fraction of sp³-hybridized carbons (Fsp3) is 0.889. The summed E-state index contributed by atoms with van der Waals surface area (Å²) in [6.45, 7) is -0.382. The lowest BCUT2D eigenvalue weighted by molar-refractivity contribution is -0.103. The molecule has 0 aromatic heterocycles. The number of carbonyl (C=O) groups is 1. The van der Waals surface area contributed by atoms with Gasteiger partial charge >= 0.3 is 6.03 Å². The highest BCUT2D eigenvalue weighted by Crippen LogP contribution is 2.18. The first kappa shape index (κ1) is 15.1. The number of hydrogen-bond donors (Lipinski definition) is 4. The minimum atomic E-state index is -1.48. The SMILES string of the molecule is O=C1N(CO)C(O)C(O)N1COCCOCCO. The minimum Gasteiger partial charge on any atom is -0.394 e. The van der Waals surface area contributed by atoms with Crippen molar-refractivity contribution in [2.45, 2.75) is 12.5 Å². The lowest BCUT2D eigenvalue weighted by Gasteiger charge is -2.19. The summed E-state index contributed by atoms with van der Waals surface area (Å²) < 4.78 is 9.99. The molecule has 1 saturated heterocycles. The molecule has 1 heterocycles. The number of ether oxygens (including phenoxy) is 2. The molecule has 1 aliphatic rings. The number of aliphatic hydroxyl groups excluding tert-OH is 4. The van der Waals surface area contributed by atoms with E-state index in [9.17, 15) is 15.0 Å². The number of rotatable bonds is 8. The zero-order valence-electron chi connectivity index (χ0n) is 9.81. The van der Waals surface area contributed by atoms with Gasteiger partial charge in [0.05, 0.1) is 26.4 Å². The molecule has 0 aliphatic carbocycles. The van der Waals surface area contributed by atoms with Crippen LogP contribution in [0.2, 0.25) is 0 Å². The summed E-state index contributed by atoms with van der Waals surface area (Å²) in [5.74, 6) is 0. The van der Waals surface area contributed by atoms with E-state index in [0.29, 0.717) is 4.90 Å². The summed E-state index contributed by atoms with van der Waals surface area (Å²) in [4.78, 5) is 13.1. The van der Waals surface area contributed by atoms with Crippen molar-refractivity contribution in [2.75, 3.05) is 39.9 Å². The minimum absolute atomic E-state index is 0.0824. The van der Waals surface area contributed by atoms with Crippen LogP contribution < -0.4 is 0 Å². The maximum atomic E-state index is 11.6. The van der Waals surface area contributed by atoms with Crippen LogP contribution in [-0.2, 0) is 9.47 Å². The van der Waals surface area contributed by atoms with Gasteiger partial charge in [0.2, 0.25) is 0 Å². The van der Waals surface area contributed by atoms with Gasteiger partial charge in [0.1, 0.15) is 13.5 Å². The van der Waals surface area contributed by atoms with Gasteiger partial charge in [0, 0.05) is 0 Å². The molecule has 9 heteroatoms. The quantitative estimate of drug-likeness (QED) is 0.352. The third-order valence-corrected chi connectivity index (χ3v) is 2.39. The van der Waals surface area contributed by atoms with Gasteiger partial charge in [-0.05, 0) is 0 Å². The molecule has 2 amide bonds. The Kier molecular flexibility index (Phi) is 6.25. The molecule has 2 atom stereocenters. The Hall–Kier alpha value is -0.970. The van der Waals surface area contributed by atoms with E-state index in [0.717, 1.165) is 4.90 Å². The van der Waals surface area contributed by atoms with Crippen molar-refractivity contribution < 1.29 is 34.7 Å². The summed E-state index contributed by atoms with van der Waals surface area (Å²) in [6.07, 6.45) is -2.92. The first-order chi connectivity index (χ1) is 8.63. The lowest BCUT2D eigenvalue weighted by atomic mass is 10.5. The van der Waals surface area contributed by atoms with Crippen LogP contribution in [0.25, 0.3) is 0 Å². The highest BCUT2D eigenvalue weighted by molar-refractivity contribution is 5.76. The molecule has 0 saturated carbocycles. The number of hydrogen-bond acceptors (Lipinski definition) is 7. The molecule has 0 bridgehead atoms. The molecule has 2 unspecified atom stereocenters. The zero-order chi connectivity index (χ0) is 13.5. The summed E-state index contributed by atoms with van der Waals surface area (Å²) in [5, 5.41) is 36.2. The topological polar surface area (TPSA) is 123 Å². The summed E-state index contributed by atoms with van der Waals surface area (Å²) in [5.41, 5.74) is 0. The molecule has 4 N–H and O–H groups in total. The van der Waals surface area contributed by atoms with Crippen molar-refractivity contribution in [2.24, 2.45) is 0 Å². The summed E-state index contributed by atoms with van der Waals surface area (Å²) in [6, 6.07) is -0.714. The van der Waals surface area contributed by atoms with Crippen LogP contribution in [-0.4, -0.2) is 88.6 Å². The third kappa shape index (κ3) is 3.51. The molecular weight excluding hydrogens is 248 g/mol. The van der Waals surface area contributed by atoms with Gasteiger partial charge in [-0.15, -0.1) is 0 Å². The average molecular weight is 266 g/mol. The Morgan fingerprint density at radius 2 is 1.61 bits per heavy atom. The van der Waals surface area contributed by atoms with E-state index in [1.54, 1.807) is 0 Å².